The standard InChI is InChI=1S/C25H25N2OP/c1-4-11-20(12-5-1)23-19-28-25(26-23)24-17-10-18-27(24)29(21-13-6-2-7-14-21)22-15-8-3-9-16-22/h1-9,11-16,23-24H,10,17-19H2/t23?,24-/m0/s1. The first-order valence-electron chi connectivity index (χ1n) is 10.3. The molecule has 3 nitrogen and oxygen atoms in total. The Morgan fingerprint density at radius 3 is 2.00 bits per heavy atom. The van der Waals surface area contributed by atoms with E-state index in [4.69, 9.17) is 9.73 Å². The monoisotopic (exact) mass is 400 g/mol. The van der Waals surface area contributed by atoms with Crippen molar-refractivity contribution in [2.24, 2.45) is 4.99 Å². The Labute approximate surface area is 173 Å². The van der Waals surface area contributed by atoms with E-state index < -0.39 is 8.07 Å². The lowest BCUT2D eigenvalue weighted by Gasteiger charge is -2.33. The second kappa shape index (κ2) is 8.49. The summed E-state index contributed by atoms with van der Waals surface area (Å²) in [5.41, 5.74) is 1.24. The van der Waals surface area contributed by atoms with Gasteiger partial charge in [0.15, 0.2) is 0 Å². The molecule has 3 aromatic rings. The second-order valence-corrected chi connectivity index (χ2v) is 9.68. The van der Waals surface area contributed by atoms with Crippen molar-refractivity contribution in [1.29, 1.82) is 0 Å². The highest BCUT2D eigenvalue weighted by molar-refractivity contribution is 7.70. The van der Waals surface area contributed by atoms with E-state index in [9.17, 15) is 0 Å². The van der Waals surface area contributed by atoms with Crippen LogP contribution in [0.25, 0.3) is 0 Å². The van der Waals surface area contributed by atoms with Crippen LogP contribution >= 0.6 is 8.07 Å². The van der Waals surface area contributed by atoms with E-state index in [2.05, 4.69) is 95.7 Å². The van der Waals surface area contributed by atoms with Gasteiger partial charge in [0.1, 0.15) is 12.6 Å². The first-order chi connectivity index (χ1) is 14.4. The average Bonchev–Trinajstić information content (AvgIpc) is 3.46. The zero-order chi connectivity index (χ0) is 19.5. The number of benzene rings is 3. The van der Waals surface area contributed by atoms with Crippen LogP contribution in [0.15, 0.2) is 96.0 Å². The van der Waals surface area contributed by atoms with Gasteiger partial charge in [-0.05, 0) is 29.0 Å². The number of nitrogens with zero attached hydrogens (tertiary/aromatic N) is 2. The summed E-state index contributed by atoms with van der Waals surface area (Å²) >= 11 is 0. The Hall–Kier alpha value is -2.48. The summed E-state index contributed by atoms with van der Waals surface area (Å²) in [6.45, 7) is 1.73. The molecule has 2 aliphatic heterocycles. The molecule has 0 amide bonds. The Kier molecular flexibility index (Phi) is 5.43. The predicted molar refractivity (Wildman–Crippen MR) is 121 cm³/mol. The Morgan fingerprint density at radius 2 is 1.38 bits per heavy atom. The first-order valence-corrected chi connectivity index (χ1v) is 11.6. The molecule has 1 saturated heterocycles. The molecule has 0 spiro atoms. The third-order valence-corrected chi connectivity index (χ3v) is 8.19. The van der Waals surface area contributed by atoms with Gasteiger partial charge < -0.3 is 4.74 Å². The maximum atomic E-state index is 6.17. The van der Waals surface area contributed by atoms with Crippen molar-refractivity contribution in [3.8, 4) is 0 Å². The molecule has 1 unspecified atom stereocenters. The minimum Gasteiger partial charge on any atom is -0.477 e. The molecule has 0 N–H and O–H groups in total. The highest BCUT2D eigenvalue weighted by Crippen LogP contribution is 2.45. The van der Waals surface area contributed by atoms with Gasteiger partial charge in [0, 0.05) is 14.6 Å². The highest BCUT2D eigenvalue weighted by atomic mass is 31.1. The van der Waals surface area contributed by atoms with Crippen molar-refractivity contribution >= 4 is 24.6 Å². The molecular weight excluding hydrogens is 375 g/mol. The minimum atomic E-state index is -0.603. The fraction of sp³-hybridized carbons (Fsp3) is 0.240. The van der Waals surface area contributed by atoms with Crippen molar-refractivity contribution in [1.82, 2.24) is 4.67 Å². The summed E-state index contributed by atoms with van der Waals surface area (Å²) in [7, 11) is -0.603. The number of hydrogen-bond acceptors (Lipinski definition) is 3. The van der Waals surface area contributed by atoms with Crippen LogP contribution < -0.4 is 10.6 Å². The molecule has 146 valence electrons. The molecule has 1 fully saturated rings. The molecule has 0 saturated carbocycles. The van der Waals surface area contributed by atoms with Crippen LogP contribution in [0.2, 0.25) is 0 Å². The molecule has 3 aromatic carbocycles. The minimum absolute atomic E-state index is 0.119. The van der Waals surface area contributed by atoms with Crippen LogP contribution in [0.3, 0.4) is 0 Å². The SMILES string of the molecule is c1ccc(C2COC([C@@H]3CCCN3P(c3ccccc3)c3ccccc3)=N2)cc1. The van der Waals surface area contributed by atoms with E-state index in [1.165, 1.54) is 22.6 Å². The molecule has 2 heterocycles. The molecule has 5 rings (SSSR count). The number of ether oxygens (including phenoxy) is 1. The fourth-order valence-electron chi connectivity index (χ4n) is 4.25. The van der Waals surface area contributed by atoms with Crippen LogP contribution in [0.1, 0.15) is 24.4 Å². The molecule has 0 bridgehead atoms. The van der Waals surface area contributed by atoms with Gasteiger partial charge in [0.05, 0.1) is 6.04 Å². The lowest BCUT2D eigenvalue weighted by atomic mass is 10.1. The van der Waals surface area contributed by atoms with Gasteiger partial charge in [-0.3, -0.25) is 4.67 Å². The fourth-order valence-corrected chi connectivity index (χ4v) is 6.88. The summed E-state index contributed by atoms with van der Waals surface area (Å²) < 4.78 is 8.82. The maximum Gasteiger partial charge on any atom is 0.202 e. The van der Waals surface area contributed by atoms with Gasteiger partial charge in [-0.2, -0.15) is 0 Å². The highest BCUT2D eigenvalue weighted by Gasteiger charge is 2.38. The lowest BCUT2D eigenvalue weighted by molar-refractivity contribution is 0.293. The molecule has 0 aromatic heterocycles. The van der Waals surface area contributed by atoms with E-state index in [-0.39, 0.29) is 12.1 Å². The summed E-state index contributed by atoms with van der Waals surface area (Å²) in [6, 6.07) is 32.7. The van der Waals surface area contributed by atoms with Crippen LogP contribution in [0.4, 0.5) is 0 Å². The van der Waals surface area contributed by atoms with E-state index in [1.54, 1.807) is 0 Å². The van der Waals surface area contributed by atoms with Crippen LogP contribution in [0, 0.1) is 0 Å². The van der Waals surface area contributed by atoms with Crippen LogP contribution in [-0.4, -0.2) is 29.8 Å². The van der Waals surface area contributed by atoms with Gasteiger partial charge in [-0.1, -0.05) is 91.0 Å². The molecule has 0 radical (unpaired) electrons. The second-order valence-electron chi connectivity index (χ2n) is 7.51. The van der Waals surface area contributed by atoms with Gasteiger partial charge in [-0.25, -0.2) is 4.99 Å². The molecule has 2 aliphatic rings. The van der Waals surface area contributed by atoms with Gasteiger partial charge in [0.25, 0.3) is 0 Å². The summed E-state index contributed by atoms with van der Waals surface area (Å²) in [4.78, 5) is 5.02. The van der Waals surface area contributed by atoms with Crippen molar-refractivity contribution < 1.29 is 4.74 Å². The molecule has 4 heteroatoms. The molecule has 0 aliphatic carbocycles. The smallest absolute Gasteiger partial charge is 0.202 e. The molecular formula is C25H25N2OP. The van der Waals surface area contributed by atoms with Gasteiger partial charge in [0.2, 0.25) is 5.90 Å². The largest absolute Gasteiger partial charge is 0.477 e. The molecule has 2 atom stereocenters. The summed E-state index contributed by atoms with van der Waals surface area (Å²) in [6.07, 6.45) is 2.29. The van der Waals surface area contributed by atoms with Crippen molar-refractivity contribution in [3.63, 3.8) is 0 Å². The van der Waals surface area contributed by atoms with Crippen molar-refractivity contribution in [3.05, 3.63) is 96.6 Å². The first kappa shape index (κ1) is 18.5. The summed E-state index contributed by atoms with van der Waals surface area (Å²) in [5.74, 6) is 0.927. The Bertz CT molecular complexity index is 922. The number of aliphatic imine (C=N–C) groups is 1. The summed E-state index contributed by atoms with van der Waals surface area (Å²) in [5, 5.41) is 2.78. The lowest BCUT2D eigenvalue weighted by Crippen LogP contribution is -2.37. The Morgan fingerprint density at radius 1 is 0.793 bits per heavy atom. The van der Waals surface area contributed by atoms with Crippen molar-refractivity contribution in [2.75, 3.05) is 13.2 Å². The number of rotatable bonds is 5. The topological polar surface area (TPSA) is 24.8 Å². The predicted octanol–water partition coefficient (Wildman–Crippen LogP) is 4.67. The Balaban J connectivity index is 1.47. The van der Waals surface area contributed by atoms with Gasteiger partial charge in [-0.15, -0.1) is 0 Å². The van der Waals surface area contributed by atoms with Crippen LogP contribution in [0.5, 0.6) is 0 Å². The van der Waals surface area contributed by atoms with Crippen LogP contribution in [-0.2, 0) is 4.74 Å². The zero-order valence-corrected chi connectivity index (χ0v) is 17.3. The van der Waals surface area contributed by atoms with E-state index in [1.807, 2.05) is 0 Å². The molecule has 29 heavy (non-hydrogen) atoms. The van der Waals surface area contributed by atoms with E-state index >= 15 is 0 Å². The quantitative estimate of drug-likeness (QED) is 0.582. The zero-order valence-electron chi connectivity index (χ0n) is 16.4. The number of hydrogen-bond donors (Lipinski definition) is 0. The van der Waals surface area contributed by atoms with E-state index in [0.29, 0.717) is 6.61 Å². The third-order valence-electron chi connectivity index (χ3n) is 5.62. The normalized spacial score (nSPS) is 21.9. The average molecular weight is 400 g/mol. The van der Waals surface area contributed by atoms with Crippen molar-refractivity contribution in [2.45, 2.75) is 24.9 Å². The van der Waals surface area contributed by atoms with E-state index in [0.717, 1.165) is 18.9 Å². The van der Waals surface area contributed by atoms with Gasteiger partial charge >= 0.3 is 0 Å². The maximum absolute atomic E-state index is 6.17. The third kappa shape index (κ3) is 3.85.